The summed E-state index contributed by atoms with van der Waals surface area (Å²) in [4.78, 5) is 36.9. The van der Waals surface area contributed by atoms with E-state index < -0.39 is 11.9 Å². The number of carbonyl (C=O) groups is 3. The third-order valence-electron chi connectivity index (χ3n) is 4.07. The van der Waals surface area contributed by atoms with Gasteiger partial charge in [0.05, 0.1) is 5.92 Å². The van der Waals surface area contributed by atoms with Crippen LogP contribution in [-0.4, -0.2) is 40.8 Å². The monoisotopic (exact) mass is 303 g/mol. The molecule has 1 aromatic rings. The number of aliphatic carboxylic acids is 1. The number of hydrogen-bond donors (Lipinski definition) is 1. The summed E-state index contributed by atoms with van der Waals surface area (Å²) < 4.78 is 0. The van der Waals surface area contributed by atoms with E-state index in [0.29, 0.717) is 30.5 Å². The van der Waals surface area contributed by atoms with E-state index >= 15 is 0 Å². The average Bonchev–Trinajstić information content (AvgIpc) is 2.53. The lowest BCUT2D eigenvalue weighted by Crippen LogP contribution is -2.45. The Morgan fingerprint density at radius 3 is 2.27 bits per heavy atom. The van der Waals surface area contributed by atoms with E-state index in [4.69, 9.17) is 0 Å². The van der Waals surface area contributed by atoms with E-state index in [9.17, 15) is 19.5 Å². The van der Waals surface area contributed by atoms with Gasteiger partial charge in [-0.25, -0.2) is 0 Å². The largest absolute Gasteiger partial charge is 0.481 e. The van der Waals surface area contributed by atoms with Crippen molar-refractivity contribution in [2.24, 2.45) is 11.8 Å². The Hall–Kier alpha value is -2.17. The van der Waals surface area contributed by atoms with Gasteiger partial charge in [0.25, 0.3) is 5.91 Å². The molecule has 1 fully saturated rings. The second-order valence-corrected chi connectivity index (χ2v) is 5.94. The molecule has 0 saturated carbocycles. The number of ketones is 1. The Labute approximate surface area is 129 Å². The first kappa shape index (κ1) is 16.2. The second-order valence-electron chi connectivity index (χ2n) is 5.94. The number of nitrogens with zero attached hydrogens (tertiary/aromatic N) is 1. The number of amides is 1. The van der Waals surface area contributed by atoms with E-state index in [1.807, 2.05) is 6.92 Å². The van der Waals surface area contributed by atoms with Crippen LogP contribution in [-0.2, 0) is 4.79 Å². The highest BCUT2D eigenvalue weighted by Gasteiger charge is 2.32. The van der Waals surface area contributed by atoms with Gasteiger partial charge in [-0.05, 0) is 24.5 Å². The molecule has 1 N–H and O–H groups in total. The molecular formula is C17H21NO4. The zero-order chi connectivity index (χ0) is 16.3. The molecule has 1 amide bonds. The summed E-state index contributed by atoms with van der Waals surface area (Å²) in [5.74, 6) is -1.33. The summed E-state index contributed by atoms with van der Waals surface area (Å²) in [5, 5.41) is 9.18. The molecule has 1 heterocycles. The zero-order valence-corrected chi connectivity index (χ0v) is 12.9. The summed E-state index contributed by atoms with van der Waals surface area (Å²) in [5.41, 5.74) is 1.08. The van der Waals surface area contributed by atoms with Crippen molar-refractivity contribution in [2.45, 2.75) is 26.7 Å². The Bertz CT molecular complexity index is 579. The molecule has 0 aromatic heterocycles. The van der Waals surface area contributed by atoms with Gasteiger partial charge in [-0.2, -0.15) is 0 Å². The highest BCUT2D eigenvalue weighted by atomic mass is 16.4. The molecule has 22 heavy (non-hydrogen) atoms. The van der Waals surface area contributed by atoms with Gasteiger partial charge in [0.15, 0.2) is 5.78 Å². The van der Waals surface area contributed by atoms with Crippen LogP contribution in [0.2, 0.25) is 0 Å². The van der Waals surface area contributed by atoms with Gasteiger partial charge in [-0.3, -0.25) is 14.4 Å². The molecule has 5 nitrogen and oxygen atoms in total. The van der Waals surface area contributed by atoms with E-state index in [1.165, 1.54) is 0 Å². The van der Waals surface area contributed by atoms with Gasteiger partial charge in [-0.1, -0.05) is 26.0 Å². The molecule has 5 heteroatoms. The quantitative estimate of drug-likeness (QED) is 0.867. The van der Waals surface area contributed by atoms with Crippen LogP contribution in [0.1, 0.15) is 47.4 Å². The lowest BCUT2D eigenvalue weighted by atomic mass is 9.90. The summed E-state index contributed by atoms with van der Waals surface area (Å²) in [7, 11) is 0. The fourth-order valence-electron chi connectivity index (χ4n) is 2.88. The van der Waals surface area contributed by atoms with E-state index in [0.717, 1.165) is 0 Å². The minimum absolute atomic E-state index is 0.0385. The number of piperidine rings is 1. The Morgan fingerprint density at radius 1 is 1.14 bits per heavy atom. The first-order valence-electron chi connectivity index (χ1n) is 7.57. The molecule has 0 aliphatic carbocycles. The minimum atomic E-state index is -0.853. The SMILES string of the molecule is CCC(=O)c1ccc(C(=O)N2CC(C)CC(C(=O)O)C2)cc1. The predicted molar refractivity (Wildman–Crippen MR) is 81.9 cm³/mol. The van der Waals surface area contributed by atoms with Crippen LogP contribution in [0.25, 0.3) is 0 Å². The van der Waals surface area contributed by atoms with Gasteiger partial charge in [0.1, 0.15) is 0 Å². The molecular weight excluding hydrogens is 282 g/mol. The van der Waals surface area contributed by atoms with E-state index in [2.05, 4.69) is 0 Å². The molecule has 118 valence electrons. The standard InChI is InChI=1S/C17H21NO4/c1-3-15(19)12-4-6-13(7-5-12)16(20)18-9-11(2)8-14(10-18)17(21)22/h4-7,11,14H,3,8-10H2,1-2H3,(H,21,22). The molecule has 0 radical (unpaired) electrons. The lowest BCUT2D eigenvalue weighted by molar-refractivity contribution is -0.143. The normalized spacial score (nSPS) is 21.5. The number of benzene rings is 1. The molecule has 0 bridgehead atoms. The first-order valence-corrected chi connectivity index (χ1v) is 7.57. The third kappa shape index (κ3) is 3.53. The van der Waals surface area contributed by atoms with Gasteiger partial charge >= 0.3 is 5.97 Å². The average molecular weight is 303 g/mol. The molecule has 1 aromatic carbocycles. The van der Waals surface area contributed by atoms with Crippen molar-refractivity contribution >= 4 is 17.7 Å². The highest BCUT2D eigenvalue weighted by Crippen LogP contribution is 2.23. The van der Waals surface area contributed by atoms with Crippen LogP contribution in [0.3, 0.4) is 0 Å². The number of hydrogen-bond acceptors (Lipinski definition) is 3. The number of likely N-dealkylation sites (tertiary alicyclic amines) is 1. The molecule has 1 aliphatic rings. The molecule has 1 saturated heterocycles. The first-order chi connectivity index (χ1) is 10.4. The fraction of sp³-hybridized carbons (Fsp3) is 0.471. The van der Waals surface area contributed by atoms with Crippen molar-refractivity contribution in [1.29, 1.82) is 0 Å². The van der Waals surface area contributed by atoms with E-state index in [1.54, 1.807) is 36.1 Å². The minimum Gasteiger partial charge on any atom is -0.481 e. The Balaban J connectivity index is 2.13. The van der Waals surface area contributed by atoms with Crippen molar-refractivity contribution in [2.75, 3.05) is 13.1 Å². The van der Waals surface area contributed by atoms with Crippen molar-refractivity contribution in [3.8, 4) is 0 Å². The molecule has 1 aliphatic heterocycles. The third-order valence-corrected chi connectivity index (χ3v) is 4.07. The van der Waals surface area contributed by atoms with Crippen LogP contribution in [0, 0.1) is 11.8 Å². The predicted octanol–water partition coefficient (Wildman–Crippen LogP) is 2.46. The number of carboxylic acid groups (broad SMARTS) is 1. The van der Waals surface area contributed by atoms with Crippen molar-refractivity contribution in [3.63, 3.8) is 0 Å². The highest BCUT2D eigenvalue weighted by molar-refractivity contribution is 5.98. The van der Waals surface area contributed by atoms with Crippen LogP contribution >= 0.6 is 0 Å². The van der Waals surface area contributed by atoms with Gasteiger partial charge < -0.3 is 10.0 Å². The number of carbonyl (C=O) groups excluding carboxylic acids is 2. The van der Waals surface area contributed by atoms with Crippen LogP contribution < -0.4 is 0 Å². The lowest BCUT2D eigenvalue weighted by Gasteiger charge is -2.34. The molecule has 2 rings (SSSR count). The van der Waals surface area contributed by atoms with Gasteiger partial charge in [0, 0.05) is 30.6 Å². The number of rotatable bonds is 4. The van der Waals surface area contributed by atoms with Crippen LogP contribution in [0.4, 0.5) is 0 Å². The maximum atomic E-state index is 12.5. The molecule has 2 unspecified atom stereocenters. The van der Waals surface area contributed by atoms with Crippen molar-refractivity contribution < 1.29 is 19.5 Å². The van der Waals surface area contributed by atoms with Crippen LogP contribution in [0.5, 0.6) is 0 Å². The summed E-state index contributed by atoms with van der Waals surface area (Å²) >= 11 is 0. The van der Waals surface area contributed by atoms with Crippen molar-refractivity contribution in [3.05, 3.63) is 35.4 Å². The smallest absolute Gasteiger partial charge is 0.308 e. The summed E-state index contributed by atoms with van der Waals surface area (Å²) in [6.07, 6.45) is 1.03. The maximum absolute atomic E-state index is 12.5. The zero-order valence-electron chi connectivity index (χ0n) is 12.9. The van der Waals surface area contributed by atoms with E-state index in [-0.39, 0.29) is 24.2 Å². The Kier molecular flexibility index (Phi) is 4.96. The summed E-state index contributed by atoms with van der Waals surface area (Å²) in [6.45, 7) is 4.56. The number of Topliss-reactive ketones (excluding diaryl/α,β-unsaturated/α-hetero) is 1. The molecule has 2 atom stereocenters. The molecule has 0 spiro atoms. The van der Waals surface area contributed by atoms with Gasteiger partial charge in [-0.15, -0.1) is 0 Å². The second kappa shape index (κ2) is 6.73. The number of carboxylic acids is 1. The fourth-order valence-corrected chi connectivity index (χ4v) is 2.88. The topological polar surface area (TPSA) is 74.7 Å². The van der Waals surface area contributed by atoms with Gasteiger partial charge in [0.2, 0.25) is 0 Å². The summed E-state index contributed by atoms with van der Waals surface area (Å²) in [6, 6.07) is 6.59. The maximum Gasteiger partial charge on any atom is 0.308 e. The van der Waals surface area contributed by atoms with Crippen LogP contribution in [0.15, 0.2) is 24.3 Å². The Morgan fingerprint density at radius 2 is 1.73 bits per heavy atom. The van der Waals surface area contributed by atoms with Crippen molar-refractivity contribution in [1.82, 2.24) is 4.90 Å².